The van der Waals surface area contributed by atoms with Crippen LogP contribution in [0.1, 0.15) is 25.7 Å². The maximum Gasteiger partial charge on any atom is 0.243 e. The molecule has 1 aromatic rings. The smallest absolute Gasteiger partial charge is 0.243 e. The summed E-state index contributed by atoms with van der Waals surface area (Å²) in [4.78, 5) is 12.5. The van der Waals surface area contributed by atoms with E-state index in [-0.39, 0.29) is 20.8 Å². The molecule has 0 spiro atoms. The molecule has 7 nitrogen and oxygen atoms in total. The van der Waals surface area contributed by atoms with E-state index in [1.807, 2.05) is 0 Å². The Morgan fingerprint density at radius 2 is 1.76 bits per heavy atom. The van der Waals surface area contributed by atoms with Gasteiger partial charge in [-0.05, 0) is 37.1 Å². The summed E-state index contributed by atoms with van der Waals surface area (Å²) >= 11 is 2.22. The molecule has 0 aromatic heterocycles. The van der Waals surface area contributed by atoms with Gasteiger partial charge in [-0.15, -0.1) is 0 Å². The minimum Gasteiger partial charge on any atom is -0.325 e. The monoisotopic (exact) mass is 478 g/mol. The van der Waals surface area contributed by atoms with Gasteiger partial charge in [-0.25, -0.2) is 13.8 Å². The highest BCUT2D eigenvalue weighted by molar-refractivity contribution is 14.1. The molecule has 0 saturated carbocycles. The molecule has 2 fully saturated rings. The van der Waals surface area contributed by atoms with Crippen LogP contribution in [0.15, 0.2) is 29.2 Å². The molecular formula is C16H23IN4O3S. The third kappa shape index (κ3) is 4.51. The zero-order chi connectivity index (χ0) is 17.9. The van der Waals surface area contributed by atoms with Crippen LogP contribution in [0.3, 0.4) is 0 Å². The molecule has 2 saturated heterocycles. The minimum absolute atomic E-state index is 0.132. The molecule has 0 bridgehead atoms. The molecule has 0 radical (unpaired) electrons. The SMILES string of the molecule is O=C(Nc1ccc(S(=O)(=O)N2CCCCCC2)cc1)C1NNCC1I. The maximum absolute atomic E-state index is 12.7. The first-order valence-electron chi connectivity index (χ1n) is 8.52. The molecular weight excluding hydrogens is 455 g/mol. The highest BCUT2D eigenvalue weighted by Crippen LogP contribution is 2.22. The van der Waals surface area contributed by atoms with Crippen molar-refractivity contribution in [1.29, 1.82) is 0 Å². The van der Waals surface area contributed by atoms with Crippen LogP contribution in [0.2, 0.25) is 0 Å². The van der Waals surface area contributed by atoms with Crippen molar-refractivity contribution in [2.24, 2.45) is 0 Å². The van der Waals surface area contributed by atoms with Crippen molar-refractivity contribution in [3.05, 3.63) is 24.3 Å². The van der Waals surface area contributed by atoms with Crippen molar-refractivity contribution in [3.63, 3.8) is 0 Å². The largest absolute Gasteiger partial charge is 0.325 e. The number of alkyl halides is 1. The second-order valence-corrected chi connectivity index (χ2v) is 9.89. The van der Waals surface area contributed by atoms with Gasteiger partial charge in [-0.2, -0.15) is 4.31 Å². The van der Waals surface area contributed by atoms with Gasteiger partial charge in [0, 0.05) is 25.3 Å². The average molecular weight is 478 g/mol. The average Bonchev–Trinajstić information content (AvgIpc) is 2.85. The van der Waals surface area contributed by atoms with Crippen LogP contribution >= 0.6 is 22.6 Å². The topological polar surface area (TPSA) is 90.5 Å². The fraction of sp³-hybridized carbons (Fsp3) is 0.562. The van der Waals surface area contributed by atoms with Gasteiger partial charge >= 0.3 is 0 Å². The van der Waals surface area contributed by atoms with Crippen LogP contribution in [-0.2, 0) is 14.8 Å². The van der Waals surface area contributed by atoms with E-state index in [1.165, 1.54) is 0 Å². The lowest BCUT2D eigenvalue weighted by Gasteiger charge is -2.20. The Kier molecular flexibility index (Phi) is 6.31. The fourth-order valence-electron chi connectivity index (χ4n) is 3.07. The second kappa shape index (κ2) is 8.30. The summed E-state index contributed by atoms with van der Waals surface area (Å²) < 4.78 is 27.2. The molecule has 2 heterocycles. The number of halogens is 1. The van der Waals surface area contributed by atoms with Gasteiger partial charge in [0.1, 0.15) is 6.04 Å². The van der Waals surface area contributed by atoms with Crippen LogP contribution in [0.25, 0.3) is 0 Å². The van der Waals surface area contributed by atoms with Crippen LogP contribution in [0, 0.1) is 0 Å². The van der Waals surface area contributed by atoms with Crippen molar-refractivity contribution in [3.8, 4) is 0 Å². The Morgan fingerprint density at radius 1 is 1.12 bits per heavy atom. The molecule has 1 amide bonds. The van der Waals surface area contributed by atoms with E-state index in [1.54, 1.807) is 28.6 Å². The van der Waals surface area contributed by atoms with Crippen molar-refractivity contribution in [2.45, 2.75) is 40.5 Å². The van der Waals surface area contributed by atoms with Crippen LogP contribution in [-0.4, -0.2) is 48.2 Å². The quantitative estimate of drug-likeness (QED) is 0.451. The molecule has 1 aromatic carbocycles. The highest BCUT2D eigenvalue weighted by atomic mass is 127. The lowest BCUT2D eigenvalue weighted by Crippen LogP contribution is -2.42. The molecule has 0 aliphatic carbocycles. The molecule has 3 rings (SSSR count). The first kappa shape index (κ1) is 19.0. The van der Waals surface area contributed by atoms with Crippen molar-refractivity contribution >= 4 is 44.2 Å². The molecule has 2 aliphatic rings. The Hall–Kier alpha value is -0.750. The number of hydrogen-bond donors (Lipinski definition) is 3. The summed E-state index contributed by atoms with van der Waals surface area (Å²) in [6.07, 6.45) is 3.98. The van der Waals surface area contributed by atoms with Gasteiger partial charge in [-0.3, -0.25) is 10.2 Å². The summed E-state index contributed by atoms with van der Waals surface area (Å²) in [7, 11) is -3.46. The van der Waals surface area contributed by atoms with Gasteiger partial charge < -0.3 is 5.32 Å². The predicted molar refractivity (Wildman–Crippen MR) is 105 cm³/mol. The van der Waals surface area contributed by atoms with Crippen LogP contribution in [0.5, 0.6) is 0 Å². The Balaban J connectivity index is 1.68. The first-order valence-corrected chi connectivity index (χ1v) is 11.2. The molecule has 2 unspecified atom stereocenters. The number of nitrogens with zero attached hydrogens (tertiary/aromatic N) is 1. The van der Waals surface area contributed by atoms with E-state index in [2.05, 4.69) is 38.8 Å². The number of benzene rings is 1. The van der Waals surface area contributed by atoms with Crippen molar-refractivity contribution in [2.75, 3.05) is 25.0 Å². The Labute approximate surface area is 162 Å². The summed E-state index contributed by atoms with van der Waals surface area (Å²) in [5, 5.41) is 2.83. The highest BCUT2D eigenvalue weighted by Gasteiger charge is 2.31. The number of carbonyl (C=O) groups excluding carboxylic acids is 1. The van der Waals surface area contributed by atoms with E-state index in [4.69, 9.17) is 0 Å². The van der Waals surface area contributed by atoms with Crippen molar-refractivity contribution < 1.29 is 13.2 Å². The van der Waals surface area contributed by atoms with Gasteiger partial charge in [-0.1, -0.05) is 35.4 Å². The normalized spacial score (nSPS) is 25.5. The first-order chi connectivity index (χ1) is 12.0. The van der Waals surface area contributed by atoms with Gasteiger partial charge in [0.05, 0.1) is 8.82 Å². The molecule has 3 N–H and O–H groups in total. The molecule has 25 heavy (non-hydrogen) atoms. The maximum atomic E-state index is 12.7. The number of hydrazine groups is 1. The number of rotatable bonds is 4. The van der Waals surface area contributed by atoms with E-state index < -0.39 is 10.0 Å². The number of sulfonamides is 1. The minimum atomic E-state index is -3.46. The zero-order valence-corrected chi connectivity index (χ0v) is 16.8. The lowest BCUT2D eigenvalue weighted by atomic mass is 10.2. The van der Waals surface area contributed by atoms with Gasteiger partial charge in [0.25, 0.3) is 0 Å². The summed E-state index contributed by atoms with van der Waals surface area (Å²) in [5.74, 6) is -0.132. The molecule has 138 valence electrons. The van der Waals surface area contributed by atoms with Crippen LogP contribution in [0.4, 0.5) is 5.69 Å². The third-order valence-electron chi connectivity index (χ3n) is 4.52. The predicted octanol–water partition coefficient (Wildman–Crippen LogP) is 1.47. The zero-order valence-electron chi connectivity index (χ0n) is 13.9. The molecule has 2 atom stereocenters. The summed E-state index contributed by atoms with van der Waals surface area (Å²) in [6, 6.07) is 6.12. The van der Waals surface area contributed by atoms with Gasteiger partial charge in [0.15, 0.2) is 0 Å². The summed E-state index contributed by atoms with van der Waals surface area (Å²) in [5.41, 5.74) is 6.49. The number of nitrogens with one attached hydrogen (secondary N) is 3. The van der Waals surface area contributed by atoms with E-state index in [0.717, 1.165) is 32.2 Å². The third-order valence-corrected chi connectivity index (χ3v) is 7.60. The number of amides is 1. The summed E-state index contributed by atoms with van der Waals surface area (Å²) in [6.45, 7) is 1.89. The number of anilines is 1. The Bertz CT molecular complexity index is 703. The van der Waals surface area contributed by atoms with Crippen LogP contribution < -0.4 is 16.2 Å². The number of carbonyl (C=O) groups is 1. The van der Waals surface area contributed by atoms with Gasteiger partial charge in [0.2, 0.25) is 15.9 Å². The van der Waals surface area contributed by atoms with E-state index >= 15 is 0 Å². The fourth-order valence-corrected chi connectivity index (χ4v) is 5.31. The Morgan fingerprint density at radius 3 is 2.32 bits per heavy atom. The van der Waals surface area contributed by atoms with Crippen molar-refractivity contribution in [1.82, 2.24) is 15.2 Å². The van der Waals surface area contributed by atoms with E-state index in [9.17, 15) is 13.2 Å². The standard InChI is InChI=1S/C16H23IN4O3S/c17-14-11-18-20-15(14)16(22)19-12-5-7-13(8-6-12)25(23,24)21-9-3-1-2-4-10-21/h5-8,14-15,18,20H,1-4,9-11H2,(H,19,22). The number of hydrogen-bond acceptors (Lipinski definition) is 5. The lowest BCUT2D eigenvalue weighted by molar-refractivity contribution is -0.117. The molecule has 2 aliphatic heterocycles. The van der Waals surface area contributed by atoms with E-state index in [0.29, 0.717) is 18.8 Å². The second-order valence-electron chi connectivity index (χ2n) is 6.35. The molecule has 9 heteroatoms.